The predicted octanol–water partition coefficient (Wildman–Crippen LogP) is 2.26. The second-order valence-electron chi connectivity index (χ2n) is 5.53. The molecule has 5 nitrogen and oxygen atoms in total. The third kappa shape index (κ3) is 5.93. The van der Waals surface area contributed by atoms with E-state index in [-0.39, 0.29) is 24.2 Å². The summed E-state index contributed by atoms with van der Waals surface area (Å²) in [6, 6.07) is 7.11. The van der Waals surface area contributed by atoms with Crippen LogP contribution in [-0.2, 0) is 4.79 Å². The summed E-state index contributed by atoms with van der Waals surface area (Å²) in [5, 5.41) is 5.77. The molecule has 1 aromatic carbocycles. The minimum atomic E-state index is -0.201. The van der Waals surface area contributed by atoms with Gasteiger partial charge in [-0.2, -0.15) is 0 Å². The van der Waals surface area contributed by atoms with Gasteiger partial charge < -0.3 is 16.4 Å². The number of hydrogen-bond donors (Lipinski definition) is 3. The van der Waals surface area contributed by atoms with E-state index in [1.807, 2.05) is 0 Å². The Kier molecular flexibility index (Phi) is 7.74. The van der Waals surface area contributed by atoms with E-state index in [1.54, 1.807) is 24.3 Å². The van der Waals surface area contributed by atoms with E-state index in [9.17, 15) is 9.59 Å². The summed E-state index contributed by atoms with van der Waals surface area (Å²) in [4.78, 5) is 23.7. The third-order valence-electron chi connectivity index (χ3n) is 3.76. The normalized spacial score (nSPS) is 14.7. The lowest BCUT2D eigenvalue weighted by molar-refractivity contribution is -0.121. The minimum absolute atomic E-state index is 0. The zero-order valence-electron chi connectivity index (χ0n) is 12.6. The van der Waals surface area contributed by atoms with Crippen molar-refractivity contribution in [2.45, 2.75) is 44.6 Å². The fourth-order valence-electron chi connectivity index (χ4n) is 2.62. The molecule has 22 heavy (non-hydrogen) atoms. The Labute approximate surface area is 137 Å². The van der Waals surface area contributed by atoms with Gasteiger partial charge in [-0.15, -0.1) is 12.4 Å². The molecule has 0 aliphatic heterocycles. The number of amides is 2. The molecule has 1 fully saturated rings. The molecule has 1 aliphatic rings. The van der Waals surface area contributed by atoms with Gasteiger partial charge in [-0.25, -0.2) is 0 Å². The molecule has 2 amide bonds. The number of nitrogens with one attached hydrogen (secondary N) is 2. The standard InChI is InChI=1S/C16H23N3O2.ClH/c17-13-6-4-5-12(11-13)16(21)18-10-9-15(20)19-14-7-2-1-3-8-14;/h4-6,11,14H,1-3,7-10,17H2,(H,18,21)(H,19,20);1H. The Morgan fingerprint density at radius 1 is 1.18 bits per heavy atom. The van der Waals surface area contributed by atoms with Gasteiger partial charge in [0.05, 0.1) is 0 Å². The molecule has 0 atom stereocenters. The van der Waals surface area contributed by atoms with Gasteiger partial charge in [0.15, 0.2) is 0 Å². The summed E-state index contributed by atoms with van der Waals surface area (Å²) in [7, 11) is 0. The third-order valence-corrected chi connectivity index (χ3v) is 3.76. The number of rotatable bonds is 5. The zero-order valence-corrected chi connectivity index (χ0v) is 13.5. The highest BCUT2D eigenvalue weighted by atomic mass is 35.5. The molecule has 0 spiro atoms. The van der Waals surface area contributed by atoms with Crippen molar-refractivity contribution in [1.82, 2.24) is 10.6 Å². The van der Waals surface area contributed by atoms with Gasteiger partial charge in [0.2, 0.25) is 5.91 Å². The fraction of sp³-hybridized carbons (Fsp3) is 0.500. The lowest BCUT2D eigenvalue weighted by Gasteiger charge is -2.22. The largest absolute Gasteiger partial charge is 0.399 e. The number of carbonyl (C=O) groups excluding carboxylic acids is 2. The lowest BCUT2D eigenvalue weighted by Crippen LogP contribution is -2.38. The number of anilines is 1. The van der Waals surface area contributed by atoms with Crippen LogP contribution in [-0.4, -0.2) is 24.4 Å². The monoisotopic (exact) mass is 325 g/mol. The summed E-state index contributed by atoms with van der Waals surface area (Å²) >= 11 is 0. The van der Waals surface area contributed by atoms with E-state index in [0.717, 1.165) is 12.8 Å². The number of hydrogen-bond acceptors (Lipinski definition) is 3. The molecule has 0 unspecified atom stereocenters. The van der Waals surface area contributed by atoms with E-state index in [4.69, 9.17) is 5.73 Å². The summed E-state index contributed by atoms with van der Waals surface area (Å²) in [5.74, 6) is -0.192. The molecule has 122 valence electrons. The summed E-state index contributed by atoms with van der Waals surface area (Å²) in [6.45, 7) is 0.339. The van der Waals surface area contributed by atoms with Crippen LogP contribution >= 0.6 is 12.4 Å². The molecule has 0 aromatic heterocycles. The van der Waals surface area contributed by atoms with Crippen LogP contribution < -0.4 is 16.4 Å². The Balaban J connectivity index is 0.00000242. The molecule has 6 heteroatoms. The van der Waals surface area contributed by atoms with Crippen LogP contribution in [0.1, 0.15) is 48.9 Å². The maximum absolute atomic E-state index is 11.9. The SMILES string of the molecule is Cl.Nc1cccc(C(=O)NCCC(=O)NC2CCCCC2)c1. The van der Waals surface area contributed by atoms with Crippen LogP contribution in [0.15, 0.2) is 24.3 Å². The van der Waals surface area contributed by atoms with Gasteiger partial charge in [0.1, 0.15) is 0 Å². The second-order valence-corrected chi connectivity index (χ2v) is 5.53. The molecular weight excluding hydrogens is 302 g/mol. The molecule has 1 saturated carbocycles. The average Bonchev–Trinajstić information content (AvgIpc) is 2.48. The molecule has 0 heterocycles. The first-order chi connectivity index (χ1) is 10.1. The van der Waals surface area contributed by atoms with Crippen molar-refractivity contribution in [3.63, 3.8) is 0 Å². The first-order valence-corrected chi connectivity index (χ1v) is 7.58. The molecule has 0 bridgehead atoms. The molecule has 0 radical (unpaired) electrons. The van der Waals surface area contributed by atoms with Crippen molar-refractivity contribution in [3.8, 4) is 0 Å². The van der Waals surface area contributed by atoms with Crippen molar-refractivity contribution < 1.29 is 9.59 Å². The van der Waals surface area contributed by atoms with Gasteiger partial charge in [0, 0.05) is 30.3 Å². The maximum Gasteiger partial charge on any atom is 0.251 e. The summed E-state index contributed by atoms with van der Waals surface area (Å²) < 4.78 is 0. The van der Waals surface area contributed by atoms with Crippen molar-refractivity contribution in [3.05, 3.63) is 29.8 Å². The zero-order chi connectivity index (χ0) is 15.1. The first-order valence-electron chi connectivity index (χ1n) is 7.58. The van der Waals surface area contributed by atoms with Gasteiger partial charge >= 0.3 is 0 Å². The van der Waals surface area contributed by atoms with Gasteiger partial charge in [-0.05, 0) is 31.0 Å². The van der Waals surface area contributed by atoms with E-state index >= 15 is 0 Å². The van der Waals surface area contributed by atoms with Gasteiger partial charge in [-0.3, -0.25) is 9.59 Å². The van der Waals surface area contributed by atoms with Crippen LogP contribution in [0.5, 0.6) is 0 Å². The van der Waals surface area contributed by atoms with Crippen LogP contribution in [0.2, 0.25) is 0 Å². The Hall–Kier alpha value is -1.75. The molecule has 4 N–H and O–H groups in total. The van der Waals surface area contributed by atoms with E-state index in [0.29, 0.717) is 30.3 Å². The highest BCUT2D eigenvalue weighted by Gasteiger charge is 2.15. The second kappa shape index (κ2) is 9.30. The van der Waals surface area contributed by atoms with Crippen molar-refractivity contribution >= 4 is 29.9 Å². The van der Waals surface area contributed by atoms with Crippen LogP contribution in [0, 0.1) is 0 Å². The number of benzene rings is 1. The lowest BCUT2D eigenvalue weighted by atomic mass is 9.95. The quantitative estimate of drug-likeness (QED) is 0.726. The number of nitrogen functional groups attached to an aromatic ring is 1. The van der Waals surface area contributed by atoms with Crippen LogP contribution in [0.3, 0.4) is 0 Å². The fourth-order valence-corrected chi connectivity index (χ4v) is 2.62. The molecule has 1 aromatic rings. The Bertz CT molecular complexity index is 502. The number of nitrogens with two attached hydrogens (primary N) is 1. The highest BCUT2D eigenvalue weighted by Crippen LogP contribution is 2.17. The van der Waals surface area contributed by atoms with Crippen molar-refractivity contribution in [2.75, 3.05) is 12.3 Å². The van der Waals surface area contributed by atoms with E-state index < -0.39 is 0 Å². The first kappa shape index (κ1) is 18.3. The highest BCUT2D eigenvalue weighted by molar-refractivity contribution is 5.95. The summed E-state index contributed by atoms with van der Waals surface area (Å²) in [6.07, 6.45) is 6.10. The minimum Gasteiger partial charge on any atom is -0.399 e. The van der Waals surface area contributed by atoms with Crippen molar-refractivity contribution in [2.24, 2.45) is 0 Å². The van der Waals surface area contributed by atoms with Crippen LogP contribution in [0.25, 0.3) is 0 Å². The van der Waals surface area contributed by atoms with E-state index in [2.05, 4.69) is 10.6 Å². The maximum atomic E-state index is 11.9. The smallest absolute Gasteiger partial charge is 0.251 e. The average molecular weight is 326 g/mol. The van der Waals surface area contributed by atoms with Gasteiger partial charge in [-0.1, -0.05) is 25.3 Å². The van der Waals surface area contributed by atoms with E-state index in [1.165, 1.54) is 19.3 Å². The van der Waals surface area contributed by atoms with Crippen molar-refractivity contribution in [1.29, 1.82) is 0 Å². The van der Waals surface area contributed by atoms with Gasteiger partial charge in [0.25, 0.3) is 5.91 Å². The summed E-state index contributed by atoms with van der Waals surface area (Å²) in [5.41, 5.74) is 6.70. The Morgan fingerprint density at radius 2 is 1.91 bits per heavy atom. The molecule has 1 aliphatic carbocycles. The molecule has 0 saturated heterocycles. The topological polar surface area (TPSA) is 84.2 Å². The molecular formula is C16H24ClN3O2. The number of carbonyl (C=O) groups is 2. The van der Waals surface area contributed by atoms with Crippen LogP contribution in [0.4, 0.5) is 5.69 Å². The predicted molar refractivity (Wildman–Crippen MR) is 90.1 cm³/mol. The molecule has 2 rings (SSSR count). The Morgan fingerprint density at radius 3 is 2.59 bits per heavy atom. The number of halogens is 1.